The van der Waals surface area contributed by atoms with Crippen LogP contribution >= 0.6 is 11.6 Å². The normalized spacial score (nSPS) is 21.8. The van der Waals surface area contributed by atoms with Crippen LogP contribution in [0.5, 0.6) is 0 Å². The largest absolute Gasteiger partial charge is 0.465 e. The third-order valence-corrected chi connectivity index (χ3v) is 5.72. The number of benzene rings is 1. The Balaban J connectivity index is 2.23. The van der Waals surface area contributed by atoms with Crippen LogP contribution in [-0.4, -0.2) is 34.1 Å². The first-order valence-corrected chi connectivity index (χ1v) is 8.85. The van der Waals surface area contributed by atoms with E-state index in [0.29, 0.717) is 6.54 Å². The zero-order valence-electron chi connectivity index (χ0n) is 12.2. The smallest absolute Gasteiger partial charge is 0.339 e. The minimum absolute atomic E-state index is 0.0211. The van der Waals surface area contributed by atoms with Crippen molar-refractivity contribution in [2.24, 2.45) is 11.7 Å². The van der Waals surface area contributed by atoms with E-state index in [1.807, 2.05) is 0 Å². The van der Waals surface area contributed by atoms with Crippen molar-refractivity contribution in [3.63, 3.8) is 0 Å². The van der Waals surface area contributed by atoms with Crippen molar-refractivity contribution in [3.05, 3.63) is 28.8 Å². The van der Waals surface area contributed by atoms with Crippen LogP contribution in [0.2, 0.25) is 5.02 Å². The van der Waals surface area contributed by atoms with Crippen molar-refractivity contribution >= 4 is 27.6 Å². The number of esters is 1. The molecule has 122 valence electrons. The first kappa shape index (κ1) is 17.2. The molecule has 22 heavy (non-hydrogen) atoms. The summed E-state index contributed by atoms with van der Waals surface area (Å²) in [6, 6.07) is 3.78. The van der Waals surface area contributed by atoms with Gasteiger partial charge in [0, 0.05) is 6.04 Å². The van der Waals surface area contributed by atoms with Crippen LogP contribution < -0.4 is 10.5 Å². The van der Waals surface area contributed by atoms with Crippen molar-refractivity contribution in [1.29, 1.82) is 0 Å². The maximum atomic E-state index is 12.4. The van der Waals surface area contributed by atoms with Crippen LogP contribution in [0.3, 0.4) is 0 Å². The van der Waals surface area contributed by atoms with Gasteiger partial charge in [-0.3, -0.25) is 0 Å². The van der Waals surface area contributed by atoms with Gasteiger partial charge in [0.1, 0.15) is 0 Å². The second-order valence-corrected chi connectivity index (χ2v) is 7.41. The van der Waals surface area contributed by atoms with Crippen molar-refractivity contribution in [2.45, 2.75) is 30.2 Å². The number of hydrogen-bond acceptors (Lipinski definition) is 5. The molecule has 3 N–H and O–H groups in total. The van der Waals surface area contributed by atoms with Crippen molar-refractivity contribution in [2.75, 3.05) is 13.7 Å². The van der Waals surface area contributed by atoms with Crippen molar-refractivity contribution in [1.82, 2.24) is 4.72 Å². The summed E-state index contributed by atoms with van der Waals surface area (Å²) in [5.41, 5.74) is 5.80. The lowest BCUT2D eigenvalue weighted by Gasteiger charge is -2.19. The van der Waals surface area contributed by atoms with E-state index in [0.717, 1.165) is 19.3 Å². The molecular weight excluding hydrogens is 328 g/mol. The topological polar surface area (TPSA) is 98.5 Å². The zero-order valence-corrected chi connectivity index (χ0v) is 13.8. The van der Waals surface area contributed by atoms with Gasteiger partial charge in [0.25, 0.3) is 0 Å². The predicted octanol–water partition coefficient (Wildman–Crippen LogP) is 1.53. The third-order valence-electron chi connectivity index (χ3n) is 3.92. The molecule has 6 nitrogen and oxygen atoms in total. The molecule has 2 rings (SSSR count). The monoisotopic (exact) mass is 346 g/mol. The zero-order chi connectivity index (χ0) is 16.3. The fraction of sp³-hybridized carbons (Fsp3) is 0.500. The van der Waals surface area contributed by atoms with E-state index >= 15 is 0 Å². The summed E-state index contributed by atoms with van der Waals surface area (Å²) in [6.07, 6.45) is 2.65. The molecule has 2 unspecified atom stereocenters. The SMILES string of the molecule is COC(=O)c1ccc(S(=O)(=O)NC2CCCC2CN)cc1Cl. The highest BCUT2D eigenvalue weighted by atomic mass is 35.5. The first-order chi connectivity index (χ1) is 10.4. The number of ether oxygens (including phenoxy) is 1. The summed E-state index contributed by atoms with van der Waals surface area (Å²) in [5.74, 6) is -0.458. The molecule has 0 bridgehead atoms. The van der Waals surface area contributed by atoms with Gasteiger partial charge in [-0.25, -0.2) is 17.9 Å². The van der Waals surface area contributed by atoms with Gasteiger partial charge >= 0.3 is 5.97 Å². The summed E-state index contributed by atoms with van der Waals surface area (Å²) in [6.45, 7) is 0.454. The van der Waals surface area contributed by atoms with E-state index in [1.165, 1.54) is 25.3 Å². The van der Waals surface area contributed by atoms with E-state index in [2.05, 4.69) is 9.46 Å². The minimum Gasteiger partial charge on any atom is -0.465 e. The number of sulfonamides is 1. The predicted molar refractivity (Wildman–Crippen MR) is 83.3 cm³/mol. The molecule has 1 saturated carbocycles. The maximum absolute atomic E-state index is 12.4. The van der Waals surface area contributed by atoms with Crippen LogP contribution in [0.1, 0.15) is 29.6 Å². The summed E-state index contributed by atoms with van der Waals surface area (Å²) in [7, 11) is -2.47. The number of carbonyl (C=O) groups excluding carboxylic acids is 1. The Kier molecular flexibility index (Phi) is 5.44. The maximum Gasteiger partial charge on any atom is 0.339 e. The summed E-state index contributed by atoms with van der Waals surface area (Å²) < 4.78 is 32.1. The van der Waals surface area contributed by atoms with E-state index in [-0.39, 0.29) is 27.4 Å². The second-order valence-electron chi connectivity index (χ2n) is 5.29. The Morgan fingerprint density at radius 2 is 2.18 bits per heavy atom. The van der Waals surface area contributed by atoms with Crippen LogP contribution in [0.25, 0.3) is 0 Å². The lowest BCUT2D eigenvalue weighted by atomic mass is 10.1. The number of rotatable bonds is 5. The highest BCUT2D eigenvalue weighted by Gasteiger charge is 2.30. The van der Waals surface area contributed by atoms with Crippen molar-refractivity contribution < 1.29 is 17.9 Å². The quantitative estimate of drug-likeness (QED) is 0.788. The molecule has 0 saturated heterocycles. The van der Waals surface area contributed by atoms with Gasteiger partial charge in [0.05, 0.1) is 22.6 Å². The van der Waals surface area contributed by atoms with Gasteiger partial charge in [-0.2, -0.15) is 0 Å². The molecule has 1 aromatic carbocycles. The first-order valence-electron chi connectivity index (χ1n) is 6.99. The van der Waals surface area contributed by atoms with E-state index in [1.54, 1.807) is 0 Å². The molecule has 0 aromatic heterocycles. The van der Waals surface area contributed by atoms with Gasteiger partial charge in [0.2, 0.25) is 10.0 Å². The van der Waals surface area contributed by atoms with Gasteiger partial charge in [-0.05, 0) is 43.5 Å². The summed E-state index contributed by atoms with van der Waals surface area (Å²) in [5, 5.41) is 0.0384. The van der Waals surface area contributed by atoms with Gasteiger partial charge in [-0.15, -0.1) is 0 Å². The average Bonchev–Trinajstić information content (AvgIpc) is 2.92. The molecule has 8 heteroatoms. The Hall–Kier alpha value is -1.15. The molecule has 2 atom stereocenters. The van der Waals surface area contributed by atoms with Crippen LogP contribution in [0.15, 0.2) is 23.1 Å². The Bertz CT molecular complexity index is 663. The van der Waals surface area contributed by atoms with Crippen LogP contribution in [-0.2, 0) is 14.8 Å². The summed E-state index contributed by atoms with van der Waals surface area (Å²) in [4.78, 5) is 11.5. The molecule has 1 aromatic rings. The lowest BCUT2D eigenvalue weighted by molar-refractivity contribution is 0.0601. The Morgan fingerprint density at radius 1 is 1.45 bits per heavy atom. The summed E-state index contributed by atoms with van der Waals surface area (Å²) >= 11 is 5.97. The Labute approximate surface area is 135 Å². The van der Waals surface area contributed by atoms with Crippen molar-refractivity contribution in [3.8, 4) is 0 Å². The number of methoxy groups -OCH3 is 1. The molecule has 1 aliphatic rings. The fourth-order valence-electron chi connectivity index (χ4n) is 2.68. The number of carbonyl (C=O) groups is 1. The molecule has 0 heterocycles. The molecule has 0 spiro atoms. The highest BCUT2D eigenvalue weighted by Crippen LogP contribution is 2.27. The van der Waals surface area contributed by atoms with E-state index in [4.69, 9.17) is 17.3 Å². The van der Waals surface area contributed by atoms with E-state index in [9.17, 15) is 13.2 Å². The molecule has 0 amide bonds. The number of nitrogens with two attached hydrogens (primary N) is 1. The standard InChI is InChI=1S/C14H19ClN2O4S/c1-21-14(18)11-6-5-10(7-12(11)15)22(19,20)17-13-4-2-3-9(13)8-16/h5-7,9,13,17H,2-4,8,16H2,1H3. The molecule has 1 aliphatic carbocycles. The van der Waals surface area contributed by atoms with Crippen LogP contribution in [0, 0.1) is 5.92 Å². The Morgan fingerprint density at radius 3 is 2.77 bits per heavy atom. The lowest BCUT2D eigenvalue weighted by Crippen LogP contribution is -2.39. The molecular formula is C14H19ClN2O4S. The van der Waals surface area contributed by atoms with Gasteiger partial charge in [-0.1, -0.05) is 18.0 Å². The minimum atomic E-state index is -3.70. The average molecular weight is 347 g/mol. The molecule has 0 aliphatic heterocycles. The second kappa shape index (κ2) is 6.95. The molecule has 1 fully saturated rings. The van der Waals surface area contributed by atoms with Crippen LogP contribution in [0.4, 0.5) is 0 Å². The molecule has 0 radical (unpaired) electrons. The van der Waals surface area contributed by atoms with Gasteiger partial charge < -0.3 is 10.5 Å². The third kappa shape index (κ3) is 3.60. The fourth-order valence-corrected chi connectivity index (χ4v) is 4.37. The number of hydrogen-bond donors (Lipinski definition) is 2. The number of halogens is 1. The van der Waals surface area contributed by atoms with E-state index < -0.39 is 16.0 Å². The van der Waals surface area contributed by atoms with Gasteiger partial charge in [0.15, 0.2) is 0 Å². The number of nitrogens with one attached hydrogen (secondary N) is 1. The highest BCUT2D eigenvalue weighted by molar-refractivity contribution is 7.89.